The van der Waals surface area contributed by atoms with Gasteiger partial charge in [-0.1, -0.05) is 67.6 Å². The van der Waals surface area contributed by atoms with Gasteiger partial charge in [-0.2, -0.15) is 0 Å². The second-order valence-electron chi connectivity index (χ2n) is 7.10. The first-order valence-electron chi connectivity index (χ1n) is 10.00. The largest absolute Gasteiger partial charge is 0.329 e. The van der Waals surface area contributed by atoms with Gasteiger partial charge in [0.1, 0.15) is 10.7 Å². The predicted molar refractivity (Wildman–Crippen MR) is 121 cm³/mol. The summed E-state index contributed by atoms with van der Waals surface area (Å²) in [6, 6.07) is 22.3. The Kier molecular flexibility index (Phi) is 6.30. The van der Waals surface area contributed by atoms with Crippen molar-refractivity contribution in [3.8, 4) is 10.6 Å². The van der Waals surface area contributed by atoms with Crippen LogP contribution in [0.1, 0.15) is 34.1 Å². The molecule has 0 radical (unpaired) electrons. The molecule has 2 heterocycles. The lowest BCUT2D eigenvalue weighted by atomic mass is 10.1. The monoisotopic (exact) mass is 413 g/mol. The highest BCUT2D eigenvalue weighted by atomic mass is 32.1. The quantitative estimate of drug-likeness (QED) is 0.396. The second kappa shape index (κ2) is 9.46. The van der Waals surface area contributed by atoms with Crippen LogP contribution in [-0.2, 0) is 19.5 Å². The molecule has 30 heavy (non-hydrogen) atoms. The standard InChI is InChI=1S/C25H23N3OS/c1-2-19-10-12-20(13-11-19)16-28(17-21-7-6-14-26-15-21)25(29)23-18-30-24(27-23)22-8-4-3-5-9-22/h3-15,18H,2,16-17H2,1H3. The Morgan fingerprint density at radius 3 is 2.33 bits per heavy atom. The minimum Gasteiger partial charge on any atom is -0.329 e. The Bertz CT molecular complexity index is 1090. The predicted octanol–water partition coefficient (Wildman–Crippen LogP) is 5.61. The van der Waals surface area contributed by atoms with Gasteiger partial charge in [0.25, 0.3) is 5.91 Å². The number of amides is 1. The highest BCUT2D eigenvalue weighted by Crippen LogP contribution is 2.24. The number of aromatic nitrogens is 2. The molecule has 0 fully saturated rings. The van der Waals surface area contributed by atoms with E-state index in [0.29, 0.717) is 18.8 Å². The van der Waals surface area contributed by atoms with Crippen molar-refractivity contribution in [3.63, 3.8) is 0 Å². The molecule has 0 aliphatic carbocycles. The van der Waals surface area contributed by atoms with Crippen molar-refractivity contribution < 1.29 is 4.79 Å². The van der Waals surface area contributed by atoms with Gasteiger partial charge in [-0.15, -0.1) is 11.3 Å². The van der Waals surface area contributed by atoms with Crippen LogP contribution in [0.5, 0.6) is 0 Å². The molecular weight excluding hydrogens is 390 g/mol. The first-order valence-corrected chi connectivity index (χ1v) is 10.9. The number of rotatable bonds is 7. The average Bonchev–Trinajstić information content (AvgIpc) is 3.30. The van der Waals surface area contributed by atoms with E-state index in [1.165, 1.54) is 16.9 Å². The topological polar surface area (TPSA) is 46.1 Å². The third kappa shape index (κ3) is 4.81. The molecule has 4 aromatic rings. The maximum absolute atomic E-state index is 13.4. The van der Waals surface area contributed by atoms with Crippen LogP contribution in [0, 0.1) is 0 Å². The van der Waals surface area contributed by atoms with Gasteiger partial charge in [0.15, 0.2) is 0 Å². The highest BCUT2D eigenvalue weighted by molar-refractivity contribution is 7.13. The first-order chi connectivity index (χ1) is 14.7. The molecule has 1 amide bonds. The fourth-order valence-corrected chi connectivity index (χ4v) is 4.06. The third-order valence-electron chi connectivity index (χ3n) is 4.93. The van der Waals surface area contributed by atoms with Crippen LogP contribution in [0.4, 0.5) is 0 Å². The summed E-state index contributed by atoms with van der Waals surface area (Å²) in [6.45, 7) is 3.15. The lowest BCUT2D eigenvalue weighted by molar-refractivity contribution is 0.0725. The summed E-state index contributed by atoms with van der Waals surface area (Å²) in [5.74, 6) is -0.0724. The lowest BCUT2D eigenvalue weighted by Crippen LogP contribution is -2.30. The Morgan fingerprint density at radius 1 is 0.900 bits per heavy atom. The van der Waals surface area contributed by atoms with Crippen molar-refractivity contribution in [2.75, 3.05) is 0 Å². The van der Waals surface area contributed by atoms with Gasteiger partial charge in [0.05, 0.1) is 0 Å². The summed E-state index contributed by atoms with van der Waals surface area (Å²) in [7, 11) is 0. The van der Waals surface area contributed by atoms with Crippen molar-refractivity contribution in [3.05, 3.63) is 107 Å². The minimum atomic E-state index is -0.0724. The fraction of sp³-hybridized carbons (Fsp3) is 0.160. The number of nitrogens with zero attached hydrogens (tertiary/aromatic N) is 3. The van der Waals surface area contributed by atoms with E-state index in [-0.39, 0.29) is 5.91 Å². The maximum atomic E-state index is 13.4. The molecule has 150 valence electrons. The summed E-state index contributed by atoms with van der Waals surface area (Å²) >= 11 is 1.49. The van der Waals surface area contributed by atoms with Crippen LogP contribution in [0.3, 0.4) is 0 Å². The van der Waals surface area contributed by atoms with Crippen molar-refractivity contribution in [1.82, 2.24) is 14.9 Å². The molecule has 5 heteroatoms. The van der Waals surface area contributed by atoms with Crippen molar-refractivity contribution >= 4 is 17.2 Å². The molecule has 0 saturated heterocycles. The Hall–Kier alpha value is -3.31. The van der Waals surface area contributed by atoms with E-state index in [4.69, 9.17) is 0 Å². The van der Waals surface area contributed by atoms with E-state index in [9.17, 15) is 4.79 Å². The minimum absolute atomic E-state index is 0.0724. The molecule has 0 bridgehead atoms. The lowest BCUT2D eigenvalue weighted by Gasteiger charge is -2.22. The number of benzene rings is 2. The Balaban J connectivity index is 1.59. The van der Waals surface area contributed by atoms with E-state index in [1.54, 1.807) is 12.4 Å². The van der Waals surface area contributed by atoms with Crippen LogP contribution in [0.15, 0.2) is 84.5 Å². The molecule has 0 aliphatic rings. The zero-order valence-corrected chi connectivity index (χ0v) is 17.7. The molecule has 4 rings (SSSR count). The van der Waals surface area contributed by atoms with Crippen LogP contribution < -0.4 is 0 Å². The molecule has 4 nitrogen and oxygen atoms in total. The maximum Gasteiger partial charge on any atom is 0.273 e. The third-order valence-corrected chi connectivity index (χ3v) is 5.82. The van der Waals surface area contributed by atoms with Gasteiger partial charge in [-0.3, -0.25) is 9.78 Å². The van der Waals surface area contributed by atoms with Crippen molar-refractivity contribution in [2.24, 2.45) is 0 Å². The number of thiazole rings is 1. The van der Waals surface area contributed by atoms with Crippen molar-refractivity contribution in [2.45, 2.75) is 26.4 Å². The van der Waals surface area contributed by atoms with Crippen LogP contribution in [0.25, 0.3) is 10.6 Å². The van der Waals surface area contributed by atoms with Crippen LogP contribution >= 0.6 is 11.3 Å². The number of hydrogen-bond acceptors (Lipinski definition) is 4. The summed E-state index contributed by atoms with van der Waals surface area (Å²) in [5, 5.41) is 2.70. The van der Waals surface area contributed by atoms with Gasteiger partial charge in [0, 0.05) is 36.4 Å². The van der Waals surface area contributed by atoms with Crippen LogP contribution in [-0.4, -0.2) is 20.8 Å². The summed E-state index contributed by atoms with van der Waals surface area (Å²) in [4.78, 5) is 24.0. The van der Waals surface area contributed by atoms with Gasteiger partial charge in [-0.05, 0) is 29.2 Å². The van der Waals surface area contributed by atoms with E-state index in [1.807, 2.05) is 52.7 Å². The molecule has 0 aliphatic heterocycles. The Labute approximate surface area is 180 Å². The zero-order valence-electron chi connectivity index (χ0n) is 16.9. The molecule has 0 atom stereocenters. The summed E-state index contributed by atoms with van der Waals surface area (Å²) < 4.78 is 0. The molecule has 0 saturated carbocycles. The molecule has 2 aromatic heterocycles. The summed E-state index contributed by atoms with van der Waals surface area (Å²) in [6.07, 6.45) is 4.54. The SMILES string of the molecule is CCc1ccc(CN(Cc2cccnc2)C(=O)c2csc(-c3ccccc3)n2)cc1. The molecule has 0 spiro atoms. The highest BCUT2D eigenvalue weighted by Gasteiger charge is 2.20. The van der Waals surface area contributed by atoms with E-state index in [0.717, 1.165) is 28.1 Å². The van der Waals surface area contributed by atoms with E-state index >= 15 is 0 Å². The second-order valence-corrected chi connectivity index (χ2v) is 7.95. The number of carbonyl (C=O) groups excluding carboxylic acids is 1. The smallest absolute Gasteiger partial charge is 0.273 e. The molecule has 0 unspecified atom stereocenters. The van der Waals surface area contributed by atoms with Gasteiger partial charge in [-0.25, -0.2) is 4.98 Å². The average molecular weight is 414 g/mol. The molecule has 0 N–H and O–H groups in total. The van der Waals surface area contributed by atoms with Crippen LogP contribution in [0.2, 0.25) is 0 Å². The molecule has 2 aromatic carbocycles. The number of hydrogen-bond donors (Lipinski definition) is 0. The number of pyridine rings is 1. The van der Waals surface area contributed by atoms with Gasteiger partial charge < -0.3 is 4.90 Å². The first kappa shape index (κ1) is 20.0. The molecular formula is C25H23N3OS. The van der Waals surface area contributed by atoms with Gasteiger partial charge in [0.2, 0.25) is 0 Å². The summed E-state index contributed by atoms with van der Waals surface area (Å²) in [5.41, 5.74) is 4.89. The van der Waals surface area contributed by atoms with E-state index < -0.39 is 0 Å². The zero-order chi connectivity index (χ0) is 20.8. The number of aryl methyl sites for hydroxylation is 1. The fourth-order valence-electron chi connectivity index (χ4n) is 3.26. The Morgan fingerprint density at radius 2 is 1.63 bits per heavy atom. The number of carbonyl (C=O) groups is 1. The van der Waals surface area contributed by atoms with Crippen molar-refractivity contribution in [1.29, 1.82) is 0 Å². The van der Waals surface area contributed by atoms with Gasteiger partial charge >= 0.3 is 0 Å². The van der Waals surface area contributed by atoms with E-state index in [2.05, 4.69) is 41.2 Å². The normalized spacial score (nSPS) is 10.7.